The van der Waals surface area contributed by atoms with Crippen LogP contribution in [-0.4, -0.2) is 36.8 Å². The summed E-state index contributed by atoms with van der Waals surface area (Å²) in [7, 11) is 3.02. The molecule has 0 unspecified atom stereocenters. The summed E-state index contributed by atoms with van der Waals surface area (Å²) < 4.78 is 11.0. The second-order valence-electron chi connectivity index (χ2n) is 7.00. The Labute approximate surface area is 200 Å². The largest absolute Gasteiger partial charge is 0.495 e. The summed E-state index contributed by atoms with van der Waals surface area (Å²) in [5.74, 6) is 0.256. The maximum Gasteiger partial charge on any atom is 0.250 e. The fourth-order valence-corrected chi connectivity index (χ4v) is 5.21. The number of hydrogen-bond donors (Lipinski definition) is 2. The zero-order valence-corrected chi connectivity index (χ0v) is 19.8. The van der Waals surface area contributed by atoms with Gasteiger partial charge in [-0.2, -0.15) is 0 Å². The number of halogens is 1. The number of nitrogens with one attached hydrogen (secondary N) is 2. The van der Waals surface area contributed by atoms with E-state index in [2.05, 4.69) is 15.6 Å². The molecule has 32 heavy (non-hydrogen) atoms. The molecule has 4 rings (SSSR count). The highest BCUT2D eigenvalue weighted by atomic mass is 35.5. The Bertz CT molecular complexity index is 1130. The number of amides is 1. The fraction of sp³-hybridized carbons (Fsp3) is 0.227. The highest BCUT2D eigenvalue weighted by Crippen LogP contribution is 2.45. The zero-order chi connectivity index (χ0) is 22.7. The van der Waals surface area contributed by atoms with Crippen LogP contribution in [0.4, 0.5) is 11.4 Å². The van der Waals surface area contributed by atoms with Gasteiger partial charge in [-0.1, -0.05) is 17.7 Å². The number of hydrogen-bond acceptors (Lipinski definition) is 6. The molecule has 2 atom stereocenters. The van der Waals surface area contributed by atoms with Crippen LogP contribution in [0.2, 0.25) is 4.34 Å². The molecule has 0 bridgehead atoms. The normalized spacial score (nSPS) is 17.8. The number of carbonyl (C=O) groups excluding carboxylic acids is 1. The summed E-state index contributed by atoms with van der Waals surface area (Å²) in [5, 5.41) is 6.79. The first-order valence-corrected chi connectivity index (χ1v) is 11.3. The molecule has 1 amide bonds. The van der Waals surface area contributed by atoms with Crippen molar-refractivity contribution in [3.05, 3.63) is 69.6 Å². The Morgan fingerprint density at radius 3 is 2.78 bits per heavy atom. The lowest BCUT2D eigenvalue weighted by atomic mass is 10.0. The third-order valence-electron chi connectivity index (χ3n) is 4.99. The summed E-state index contributed by atoms with van der Waals surface area (Å²) in [6.45, 7) is -0.0604. The van der Waals surface area contributed by atoms with E-state index in [0.717, 1.165) is 16.3 Å². The van der Waals surface area contributed by atoms with Crippen molar-refractivity contribution in [3.63, 3.8) is 0 Å². The molecule has 0 aliphatic carbocycles. The van der Waals surface area contributed by atoms with Crippen molar-refractivity contribution in [1.29, 1.82) is 0 Å². The zero-order valence-electron chi connectivity index (χ0n) is 17.4. The third-order valence-corrected chi connectivity index (χ3v) is 6.61. The van der Waals surface area contributed by atoms with Gasteiger partial charge in [0.15, 0.2) is 5.11 Å². The number of benzene rings is 1. The molecular formula is C22H21ClN4O3S2. The van der Waals surface area contributed by atoms with E-state index in [9.17, 15) is 4.79 Å². The molecule has 1 fully saturated rings. The Hall–Kier alpha value is -2.72. The summed E-state index contributed by atoms with van der Waals surface area (Å²) in [4.78, 5) is 19.7. The average molecular weight is 489 g/mol. The maximum atomic E-state index is 12.1. The smallest absolute Gasteiger partial charge is 0.250 e. The Kier molecular flexibility index (Phi) is 6.90. The summed E-state index contributed by atoms with van der Waals surface area (Å²) in [6, 6.07) is 14.9. The Balaban J connectivity index is 1.77. The SMILES string of the molecule is COCC(=O)Nc1cc(N2C(=S)N[C@@H](c3ccccn3)[C@@H]2c2ccc(Cl)s2)ccc1OC. The molecular weight excluding hydrogens is 468 g/mol. The van der Waals surface area contributed by atoms with Crippen LogP contribution in [0.25, 0.3) is 0 Å². The molecule has 0 radical (unpaired) electrons. The molecule has 1 aliphatic rings. The second-order valence-corrected chi connectivity index (χ2v) is 9.14. The average Bonchev–Trinajstić information content (AvgIpc) is 3.37. The maximum absolute atomic E-state index is 12.1. The quantitative estimate of drug-likeness (QED) is 0.472. The van der Waals surface area contributed by atoms with Crippen LogP contribution in [0.5, 0.6) is 5.75 Å². The van der Waals surface area contributed by atoms with Crippen LogP contribution < -0.4 is 20.3 Å². The number of pyridine rings is 1. The minimum absolute atomic E-state index is 0.0604. The summed E-state index contributed by atoms with van der Waals surface area (Å²) in [6.07, 6.45) is 1.76. The van der Waals surface area contributed by atoms with Crippen molar-refractivity contribution in [3.8, 4) is 5.75 Å². The second kappa shape index (κ2) is 9.83. The lowest BCUT2D eigenvalue weighted by Crippen LogP contribution is -2.29. The van der Waals surface area contributed by atoms with E-state index < -0.39 is 0 Å². The van der Waals surface area contributed by atoms with Crippen LogP contribution in [0.15, 0.2) is 54.7 Å². The van der Waals surface area contributed by atoms with Gasteiger partial charge in [0, 0.05) is 23.9 Å². The number of thiophene rings is 1. The van der Waals surface area contributed by atoms with Crippen molar-refractivity contribution in [2.75, 3.05) is 31.0 Å². The van der Waals surface area contributed by atoms with Crippen molar-refractivity contribution < 1.29 is 14.3 Å². The van der Waals surface area contributed by atoms with Crippen LogP contribution >= 0.6 is 35.2 Å². The predicted octanol–water partition coefficient (Wildman–Crippen LogP) is 4.57. The highest BCUT2D eigenvalue weighted by molar-refractivity contribution is 7.80. The lowest BCUT2D eigenvalue weighted by molar-refractivity contribution is -0.119. The number of ether oxygens (including phenoxy) is 2. The monoisotopic (exact) mass is 488 g/mol. The summed E-state index contributed by atoms with van der Waals surface area (Å²) >= 11 is 13.5. The molecule has 1 saturated heterocycles. The standard InChI is InChI=1S/C22H21ClN4O3S2/c1-29-12-19(28)25-15-11-13(6-7-16(15)30-2)27-21(17-8-9-18(23)32-17)20(26-22(27)31)14-5-3-4-10-24-14/h3-11,20-21H,12H2,1-2H3,(H,25,28)(H,26,31)/t20-,21-/m0/s1. The number of thiocarbonyl (C=S) groups is 1. The molecule has 166 valence electrons. The van der Waals surface area contributed by atoms with Gasteiger partial charge in [-0.25, -0.2) is 0 Å². The van der Waals surface area contributed by atoms with Gasteiger partial charge < -0.3 is 25.0 Å². The van der Waals surface area contributed by atoms with E-state index in [1.165, 1.54) is 18.4 Å². The van der Waals surface area contributed by atoms with Crippen LogP contribution in [0.3, 0.4) is 0 Å². The lowest BCUT2D eigenvalue weighted by Gasteiger charge is -2.27. The van der Waals surface area contributed by atoms with Gasteiger partial charge in [0.2, 0.25) is 5.91 Å². The van der Waals surface area contributed by atoms with Gasteiger partial charge in [-0.3, -0.25) is 9.78 Å². The highest BCUT2D eigenvalue weighted by Gasteiger charge is 2.41. The predicted molar refractivity (Wildman–Crippen MR) is 131 cm³/mol. The molecule has 1 aromatic carbocycles. The van der Waals surface area contributed by atoms with Gasteiger partial charge in [0.05, 0.1) is 34.9 Å². The van der Waals surface area contributed by atoms with Gasteiger partial charge in [-0.15, -0.1) is 11.3 Å². The topological polar surface area (TPSA) is 75.7 Å². The van der Waals surface area contributed by atoms with Gasteiger partial charge in [0.25, 0.3) is 0 Å². The molecule has 1 aliphatic heterocycles. The Morgan fingerprint density at radius 1 is 1.28 bits per heavy atom. The number of carbonyl (C=O) groups is 1. The number of anilines is 2. The van der Waals surface area contributed by atoms with E-state index in [0.29, 0.717) is 20.9 Å². The van der Waals surface area contributed by atoms with Gasteiger partial charge in [-0.05, 0) is 54.7 Å². The molecule has 2 aromatic heterocycles. The van der Waals surface area contributed by atoms with Crippen LogP contribution in [0.1, 0.15) is 22.7 Å². The van der Waals surface area contributed by atoms with E-state index in [1.54, 1.807) is 19.4 Å². The molecule has 0 spiro atoms. The van der Waals surface area contributed by atoms with Crippen molar-refractivity contribution in [2.45, 2.75) is 12.1 Å². The first-order valence-electron chi connectivity index (χ1n) is 9.74. The molecule has 7 nitrogen and oxygen atoms in total. The molecule has 10 heteroatoms. The first-order chi connectivity index (χ1) is 15.5. The van der Waals surface area contributed by atoms with Gasteiger partial charge in [0.1, 0.15) is 12.4 Å². The van der Waals surface area contributed by atoms with E-state index >= 15 is 0 Å². The Morgan fingerprint density at radius 2 is 2.12 bits per heavy atom. The number of nitrogens with zero attached hydrogens (tertiary/aromatic N) is 2. The first kappa shape index (κ1) is 22.5. The molecule has 3 aromatic rings. The van der Waals surface area contributed by atoms with Crippen molar-refractivity contribution >= 4 is 57.5 Å². The van der Waals surface area contributed by atoms with E-state index in [4.69, 9.17) is 33.3 Å². The van der Waals surface area contributed by atoms with E-state index in [1.807, 2.05) is 47.4 Å². The van der Waals surface area contributed by atoms with Crippen molar-refractivity contribution in [2.24, 2.45) is 0 Å². The summed E-state index contributed by atoms with van der Waals surface area (Å²) in [5.41, 5.74) is 2.19. The molecule has 2 N–H and O–H groups in total. The van der Waals surface area contributed by atoms with E-state index in [-0.39, 0.29) is 24.6 Å². The van der Waals surface area contributed by atoms with Crippen LogP contribution in [-0.2, 0) is 9.53 Å². The van der Waals surface area contributed by atoms with Crippen molar-refractivity contribution in [1.82, 2.24) is 10.3 Å². The number of aromatic nitrogens is 1. The third kappa shape index (κ3) is 4.56. The van der Waals surface area contributed by atoms with Gasteiger partial charge >= 0.3 is 0 Å². The minimum Gasteiger partial charge on any atom is -0.495 e. The molecule has 0 saturated carbocycles. The minimum atomic E-state index is -0.280. The number of methoxy groups -OCH3 is 2. The van der Waals surface area contributed by atoms with Crippen LogP contribution in [0, 0.1) is 0 Å². The number of rotatable bonds is 7. The fourth-order valence-electron chi connectivity index (χ4n) is 3.67. The molecule has 3 heterocycles.